The van der Waals surface area contributed by atoms with Crippen molar-refractivity contribution >= 4 is 17.5 Å². The predicted octanol–water partition coefficient (Wildman–Crippen LogP) is 4.79. The lowest BCUT2D eigenvalue weighted by molar-refractivity contribution is 0.0692. The lowest BCUT2D eigenvalue weighted by atomic mass is 9.97. The van der Waals surface area contributed by atoms with Crippen molar-refractivity contribution in [1.29, 1.82) is 0 Å². The van der Waals surface area contributed by atoms with Crippen LogP contribution in [0.3, 0.4) is 0 Å². The van der Waals surface area contributed by atoms with Gasteiger partial charge in [-0.2, -0.15) is 5.10 Å². The smallest absolute Gasteiger partial charge is 0.274 e. The molecule has 7 heteroatoms. The second kappa shape index (κ2) is 8.41. The van der Waals surface area contributed by atoms with Crippen molar-refractivity contribution in [3.05, 3.63) is 70.2 Å². The van der Waals surface area contributed by atoms with Crippen LogP contribution in [-0.4, -0.2) is 39.1 Å². The summed E-state index contributed by atoms with van der Waals surface area (Å²) in [6.07, 6.45) is 4.30. The zero-order valence-electron chi connectivity index (χ0n) is 16.7. The molecule has 0 saturated carbocycles. The lowest BCUT2D eigenvalue weighted by Crippen LogP contribution is -2.39. The number of oxazole rings is 1. The van der Waals surface area contributed by atoms with Crippen LogP contribution in [0.2, 0.25) is 5.02 Å². The number of carbonyl (C=O) groups excluding carboxylic acids is 1. The Morgan fingerprint density at radius 2 is 2.24 bits per heavy atom. The molecule has 1 unspecified atom stereocenters. The van der Waals surface area contributed by atoms with Gasteiger partial charge in [0.2, 0.25) is 0 Å². The highest BCUT2D eigenvalue weighted by Gasteiger charge is 2.29. The number of amides is 1. The summed E-state index contributed by atoms with van der Waals surface area (Å²) >= 11 is 6.06. The van der Waals surface area contributed by atoms with Crippen molar-refractivity contribution in [2.75, 3.05) is 13.1 Å². The second-order valence-corrected chi connectivity index (χ2v) is 8.36. The fourth-order valence-corrected chi connectivity index (χ4v) is 3.92. The molecule has 29 heavy (non-hydrogen) atoms. The third-order valence-corrected chi connectivity index (χ3v) is 5.57. The van der Waals surface area contributed by atoms with Crippen LogP contribution in [0.4, 0.5) is 0 Å². The Balaban J connectivity index is 1.43. The Morgan fingerprint density at radius 1 is 1.38 bits per heavy atom. The highest BCUT2D eigenvalue weighted by atomic mass is 35.5. The van der Waals surface area contributed by atoms with Crippen LogP contribution in [0, 0.1) is 0 Å². The Bertz CT molecular complexity index is 994. The van der Waals surface area contributed by atoms with Crippen LogP contribution in [0.15, 0.2) is 40.9 Å². The summed E-state index contributed by atoms with van der Waals surface area (Å²) < 4.78 is 6.02. The van der Waals surface area contributed by atoms with E-state index >= 15 is 0 Å². The molecule has 152 valence electrons. The Hall–Kier alpha value is -2.60. The second-order valence-electron chi connectivity index (χ2n) is 7.93. The van der Waals surface area contributed by atoms with E-state index in [1.807, 2.05) is 35.2 Å². The van der Waals surface area contributed by atoms with E-state index in [-0.39, 0.29) is 11.8 Å². The molecule has 1 aromatic carbocycles. The third-order valence-electron chi connectivity index (χ3n) is 5.34. The number of H-pyrrole nitrogens is 1. The first-order valence-corrected chi connectivity index (χ1v) is 10.4. The number of nitrogens with zero attached hydrogens (tertiary/aromatic N) is 3. The van der Waals surface area contributed by atoms with Crippen molar-refractivity contribution in [1.82, 2.24) is 20.1 Å². The molecular formula is C22H25ClN4O2. The SMILES string of the molecule is CC(C)c1cc(C(=O)N2CCCC(c3ncc(Cc4cccc(Cl)c4)o3)C2)n[nH]1. The largest absolute Gasteiger partial charge is 0.445 e. The predicted molar refractivity (Wildman–Crippen MR) is 111 cm³/mol. The molecule has 1 atom stereocenters. The van der Waals surface area contributed by atoms with E-state index in [1.165, 1.54) is 0 Å². The van der Waals surface area contributed by atoms with E-state index in [0.717, 1.165) is 36.4 Å². The van der Waals surface area contributed by atoms with Crippen LogP contribution in [0.25, 0.3) is 0 Å². The summed E-state index contributed by atoms with van der Waals surface area (Å²) in [5, 5.41) is 7.87. The van der Waals surface area contributed by atoms with Crippen molar-refractivity contribution in [2.45, 2.75) is 44.9 Å². The lowest BCUT2D eigenvalue weighted by Gasteiger charge is -2.30. The standard InChI is InChI=1S/C22H25ClN4O2/c1-14(2)19-11-20(26-25-19)22(28)27-8-4-6-16(13-27)21-24-12-18(29-21)10-15-5-3-7-17(23)9-15/h3,5,7,9,11-12,14,16H,4,6,8,10,13H2,1-2H3,(H,25,26). The zero-order valence-corrected chi connectivity index (χ0v) is 17.4. The quantitative estimate of drug-likeness (QED) is 0.654. The van der Waals surface area contributed by atoms with Gasteiger partial charge in [0, 0.05) is 30.2 Å². The van der Waals surface area contributed by atoms with E-state index in [1.54, 1.807) is 6.20 Å². The summed E-state index contributed by atoms with van der Waals surface area (Å²) in [5.41, 5.74) is 2.53. The zero-order chi connectivity index (χ0) is 20.4. The van der Waals surface area contributed by atoms with Crippen LogP contribution in [0.1, 0.15) is 71.9 Å². The number of nitrogens with one attached hydrogen (secondary N) is 1. The molecule has 4 rings (SSSR count). The van der Waals surface area contributed by atoms with Gasteiger partial charge in [0.05, 0.1) is 12.1 Å². The minimum Gasteiger partial charge on any atom is -0.445 e. The van der Waals surface area contributed by atoms with Gasteiger partial charge in [-0.3, -0.25) is 9.89 Å². The van der Waals surface area contributed by atoms with Crippen molar-refractivity contribution in [3.8, 4) is 0 Å². The highest BCUT2D eigenvalue weighted by Crippen LogP contribution is 2.28. The van der Waals surface area contributed by atoms with E-state index in [2.05, 4.69) is 29.0 Å². The molecule has 6 nitrogen and oxygen atoms in total. The van der Waals surface area contributed by atoms with Crippen LogP contribution < -0.4 is 0 Å². The van der Waals surface area contributed by atoms with E-state index in [4.69, 9.17) is 16.0 Å². The van der Waals surface area contributed by atoms with Gasteiger partial charge in [-0.05, 0) is 42.5 Å². The molecule has 1 aliphatic rings. The van der Waals surface area contributed by atoms with E-state index in [0.29, 0.717) is 35.5 Å². The summed E-state index contributed by atoms with van der Waals surface area (Å²) in [5.74, 6) is 1.88. The molecule has 1 fully saturated rings. The maximum absolute atomic E-state index is 12.9. The third kappa shape index (κ3) is 4.53. The van der Waals surface area contributed by atoms with Crippen LogP contribution in [-0.2, 0) is 6.42 Å². The van der Waals surface area contributed by atoms with Crippen molar-refractivity contribution in [2.24, 2.45) is 0 Å². The minimum absolute atomic E-state index is 0.0384. The van der Waals surface area contributed by atoms with E-state index in [9.17, 15) is 4.79 Å². The van der Waals surface area contributed by atoms with Gasteiger partial charge in [-0.1, -0.05) is 37.6 Å². The van der Waals surface area contributed by atoms with Gasteiger partial charge in [0.15, 0.2) is 5.89 Å². The Kier molecular flexibility index (Phi) is 5.72. The molecule has 0 spiro atoms. The normalized spacial score (nSPS) is 17.1. The average Bonchev–Trinajstić information content (AvgIpc) is 3.37. The van der Waals surface area contributed by atoms with Gasteiger partial charge < -0.3 is 9.32 Å². The van der Waals surface area contributed by atoms with Gasteiger partial charge in [-0.25, -0.2) is 4.98 Å². The summed E-state index contributed by atoms with van der Waals surface area (Å²) in [6, 6.07) is 9.59. The monoisotopic (exact) mass is 412 g/mol. The number of hydrogen-bond acceptors (Lipinski definition) is 4. The Morgan fingerprint density at radius 3 is 3.00 bits per heavy atom. The topological polar surface area (TPSA) is 75.0 Å². The first-order valence-electron chi connectivity index (χ1n) is 10.0. The number of aromatic nitrogens is 3. The van der Waals surface area contributed by atoms with Crippen molar-refractivity contribution in [3.63, 3.8) is 0 Å². The molecule has 1 aliphatic heterocycles. The fraction of sp³-hybridized carbons (Fsp3) is 0.409. The van der Waals surface area contributed by atoms with Gasteiger partial charge in [0.25, 0.3) is 5.91 Å². The molecule has 1 amide bonds. The number of carbonyl (C=O) groups is 1. The number of halogens is 1. The number of aromatic amines is 1. The average molecular weight is 413 g/mol. The molecule has 0 radical (unpaired) electrons. The molecule has 2 aromatic heterocycles. The highest BCUT2D eigenvalue weighted by molar-refractivity contribution is 6.30. The molecule has 1 saturated heterocycles. The molecule has 0 aliphatic carbocycles. The molecule has 0 bridgehead atoms. The van der Waals surface area contributed by atoms with Crippen LogP contribution >= 0.6 is 11.6 Å². The molecule has 1 N–H and O–H groups in total. The van der Waals surface area contributed by atoms with Crippen molar-refractivity contribution < 1.29 is 9.21 Å². The summed E-state index contributed by atoms with van der Waals surface area (Å²) in [6.45, 7) is 5.47. The first-order chi connectivity index (χ1) is 14.0. The van der Waals surface area contributed by atoms with Gasteiger partial charge >= 0.3 is 0 Å². The number of rotatable bonds is 5. The van der Waals surface area contributed by atoms with E-state index < -0.39 is 0 Å². The van der Waals surface area contributed by atoms with Crippen LogP contribution in [0.5, 0.6) is 0 Å². The van der Waals surface area contributed by atoms with Gasteiger partial charge in [0.1, 0.15) is 11.5 Å². The number of piperidine rings is 1. The van der Waals surface area contributed by atoms with Gasteiger partial charge in [-0.15, -0.1) is 0 Å². The Labute approximate surface area is 175 Å². The fourth-order valence-electron chi connectivity index (χ4n) is 3.71. The summed E-state index contributed by atoms with van der Waals surface area (Å²) in [4.78, 5) is 19.2. The maximum Gasteiger partial charge on any atom is 0.274 e. The maximum atomic E-state index is 12.9. The first kappa shape index (κ1) is 19.7. The summed E-state index contributed by atoms with van der Waals surface area (Å²) in [7, 11) is 0. The number of likely N-dealkylation sites (tertiary alicyclic amines) is 1. The number of hydrogen-bond donors (Lipinski definition) is 1. The molecular weight excluding hydrogens is 388 g/mol. The minimum atomic E-state index is -0.0384. The molecule has 3 aromatic rings. The number of benzene rings is 1. The molecule has 3 heterocycles.